The molecule has 0 radical (unpaired) electrons. The average molecular weight is 375 g/mol. The predicted octanol–water partition coefficient (Wildman–Crippen LogP) is 3.15. The van der Waals surface area contributed by atoms with Crippen LogP contribution in [0.5, 0.6) is 5.75 Å². The van der Waals surface area contributed by atoms with Crippen molar-refractivity contribution in [1.29, 1.82) is 0 Å². The van der Waals surface area contributed by atoms with Crippen molar-refractivity contribution in [2.45, 2.75) is 6.42 Å². The molecule has 6 heteroatoms. The molecule has 1 aliphatic rings. The molecule has 0 unspecified atom stereocenters. The van der Waals surface area contributed by atoms with Crippen LogP contribution < -0.4 is 10.2 Å². The molecule has 1 atom stereocenters. The summed E-state index contributed by atoms with van der Waals surface area (Å²) in [6.07, 6.45) is 0.194. The summed E-state index contributed by atoms with van der Waals surface area (Å²) in [5, 5.41) is 12.0. The highest BCUT2D eigenvalue weighted by Gasteiger charge is 2.35. The number of phenolic OH excluding ortho intramolecular Hbond substituents is 1. The Morgan fingerprint density at radius 1 is 1.13 bits per heavy atom. The summed E-state index contributed by atoms with van der Waals surface area (Å²) >= 11 is 3.36. The van der Waals surface area contributed by atoms with E-state index < -0.39 is 0 Å². The number of phenols is 1. The number of rotatable bonds is 3. The molecule has 1 fully saturated rings. The number of hydrogen-bond acceptors (Lipinski definition) is 3. The van der Waals surface area contributed by atoms with E-state index in [1.165, 1.54) is 12.1 Å². The van der Waals surface area contributed by atoms with Gasteiger partial charge in [-0.25, -0.2) is 0 Å². The zero-order valence-corrected chi connectivity index (χ0v) is 13.8. The fraction of sp³-hybridized carbons (Fsp3) is 0.176. The summed E-state index contributed by atoms with van der Waals surface area (Å²) in [4.78, 5) is 26.1. The third-order valence-corrected chi connectivity index (χ3v) is 4.30. The Morgan fingerprint density at radius 3 is 2.43 bits per heavy atom. The van der Waals surface area contributed by atoms with Gasteiger partial charge in [-0.2, -0.15) is 0 Å². The lowest BCUT2D eigenvalue weighted by Crippen LogP contribution is -2.28. The van der Waals surface area contributed by atoms with Gasteiger partial charge in [0.1, 0.15) is 5.75 Å². The maximum Gasteiger partial charge on any atom is 0.229 e. The number of amides is 2. The normalized spacial score (nSPS) is 17.3. The molecule has 2 N–H and O–H groups in total. The number of aromatic hydroxyl groups is 1. The highest BCUT2D eigenvalue weighted by molar-refractivity contribution is 9.10. The number of anilines is 2. The third-order valence-electron chi connectivity index (χ3n) is 3.77. The molecule has 0 aliphatic carbocycles. The molecule has 23 heavy (non-hydrogen) atoms. The number of nitrogens with one attached hydrogen (secondary N) is 1. The standard InChI is InChI=1S/C17H15BrN2O3/c18-12-1-5-14(6-2-12)20-10-11(9-16(20)22)17(23)19-13-3-7-15(21)8-4-13/h1-8,11,21H,9-10H2,(H,19,23)/t11-/m1/s1. The van der Waals surface area contributed by atoms with Crippen LogP contribution in [0, 0.1) is 5.92 Å². The first kappa shape index (κ1) is 15.6. The van der Waals surface area contributed by atoms with Gasteiger partial charge in [0.2, 0.25) is 11.8 Å². The van der Waals surface area contributed by atoms with Gasteiger partial charge in [-0.3, -0.25) is 9.59 Å². The second-order valence-corrected chi connectivity index (χ2v) is 6.33. The molecule has 5 nitrogen and oxygen atoms in total. The summed E-state index contributed by atoms with van der Waals surface area (Å²) in [5.41, 5.74) is 1.39. The van der Waals surface area contributed by atoms with Crippen LogP contribution in [0.15, 0.2) is 53.0 Å². The quantitative estimate of drug-likeness (QED) is 0.810. The van der Waals surface area contributed by atoms with E-state index in [2.05, 4.69) is 21.2 Å². The van der Waals surface area contributed by atoms with Crippen molar-refractivity contribution in [2.75, 3.05) is 16.8 Å². The Balaban J connectivity index is 1.68. The fourth-order valence-corrected chi connectivity index (χ4v) is 2.81. The van der Waals surface area contributed by atoms with E-state index in [1.807, 2.05) is 24.3 Å². The van der Waals surface area contributed by atoms with Crippen LogP contribution in [0.4, 0.5) is 11.4 Å². The van der Waals surface area contributed by atoms with E-state index in [4.69, 9.17) is 0 Å². The van der Waals surface area contributed by atoms with Crippen molar-refractivity contribution in [1.82, 2.24) is 0 Å². The van der Waals surface area contributed by atoms with Crippen molar-refractivity contribution in [3.05, 3.63) is 53.0 Å². The van der Waals surface area contributed by atoms with Gasteiger partial charge in [-0.15, -0.1) is 0 Å². The molecular weight excluding hydrogens is 360 g/mol. The Labute approximate surface area is 142 Å². The van der Waals surface area contributed by atoms with E-state index in [1.54, 1.807) is 17.0 Å². The topological polar surface area (TPSA) is 69.6 Å². The van der Waals surface area contributed by atoms with E-state index in [-0.39, 0.29) is 29.9 Å². The highest BCUT2D eigenvalue weighted by Crippen LogP contribution is 2.27. The molecular formula is C17H15BrN2O3. The van der Waals surface area contributed by atoms with Crippen LogP contribution in [-0.4, -0.2) is 23.5 Å². The second kappa shape index (κ2) is 6.42. The zero-order valence-electron chi connectivity index (χ0n) is 12.2. The SMILES string of the molecule is O=C(Nc1ccc(O)cc1)[C@@H]1CC(=O)N(c2ccc(Br)cc2)C1. The molecule has 3 rings (SSSR count). The second-order valence-electron chi connectivity index (χ2n) is 5.42. The Bertz CT molecular complexity index is 729. The van der Waals surface area contributed by atoms with Crippen molar-refractivity contribution in [3.8, 4) is 5.75 Å². The smallest absolute Gasteiger partial charge is 0.229 e. The van der Waals surface area contributed by atoms with Crippen LogP contribution >= 0.6 is 15.9 Å². The summed E-state index contributed by atoms with van der Waals surface area (Å²) in [6.45, 7) is 0.365. The van der Waals surface area contributed by atoms with Crippen LogP contribution in [0.25, 0.3) is 0 Å². The van der Waals surface area contributed by atoms with Gasteiger partial charge in [0.15, 0.2) is 0 Å². The van der Waals surface area contributed by atoms with Crippen molar-refractivity contribution >= 4 is 39.1 Å². The molecule has 2 amide bonds. The molecule has 1 aliphatic heterocycles. The molecule has 0 aromatic heterocycles. The average Bonchev–Trinajstić information content (AvgIpc) is 2.92. The largest absolute Gasteiger partial charge is 0.508 e. The van der Waals surface area contributed by atoms with Gasteiger partial charge >= 0.3 is 0 Å². The molecule has 1 heterocycles. The summed E-state index contributed by atoms with van der Waals surface area (Å²) in [6, 6.07) is 13.7. The molecule has 2 aromatic carbocycles. The van der Waals surface area contributed by atoms with E-state index in [0.29, 0.717) is 12.2 Å². The first-order chi connectivity index (χ1) is 11.0. The number of carbonyl (C=O) groups is 2. The summed E-state index contributed by atoms with van der Waals surface area (Å²) in [7, 11) is 0. The molecule has 0 bridgehead atoms. The Morgan fingerprint density at radius 2 is 1.78 bits per heavy atom. The van der Waals surface area contributed by atoms with Gasteiger partial charge in [0.25, 0.3) is 0 Å². The molecule has 118 valence electrons. The van der Waals surface area contributed by atoms with Gasteiger partial charge in [-0.05, 0) is 48.5 Å². The highest BCUT2D eigenvalue weighted by atomic mass is 79.9. The number of halogens is 1. The van der Waals surface area contributed by atoms with Crippen molar-refractivity contribution in [2.24, 2.45) is 5.92 Å². The van der Waals surface area contributed by atoms with Crippen LogP contribution in [0.2, 0.25) is 0 Å². The van der Waals surface area contributed by atoms with Gasteiger partial charge < -0.3 is 15.3 Å². The minimum absolute atomic E-state index is 0.0572. The van der Waals surface area contributed by atoms with Crippen molar-refractivity contribution in [3.63, 3.8) is 0 Å². The maximum absolute atomic E-state index is 12.3. The maximum atomic E-state index is 12.3. The predicted molar refractivity (Wildman–Crippen MR) is 91.3 cm³/mol. The number of benzene rings is 2. The minimum Gasteiger partial charge on any atom is -0.508 e. The zero-order chi connectivity index (χ0) is 16.4. The van der Waals surface area contributed by atoms with E-state index in [9.17, 15) is 14.7 Å². The lowest BCUT2D eigenvalue weighted by molar-refractivity contribution is -0.122. The van der Waals surface area contributed by atoms with Crippen LogP contribution in [-0.2, 0) is 9.59 Å². The Hall–Kier alpha value is -2.34. The lowest BCUT2D eigenvalue weighted by atomic mass is 10.1. The Kier molecular flexibility index (Phi) is 4.34. The van der Waals surface area contributed by atoms with Gasteiger partial charge in [-0.1, -0.05) is 15.9 Å². The van der Waals surface area contributed by atoms with Gasteiger partial charge in [0, 0.05) is 28.8 Å². The molecule has 1 saturated heterocycles. The van der Waals surface area contributed by atoms with Crippen LogP contribution in [0.3, 0.4) is 0 Å². The molecule has 0 spiro atoms. The van der Waals surface area contributed by atoms with E-state index in [0.717, 1.165) is 10.2 Å². The van der Waals surface area contributed by atoms with Crippen molar-refractivity contribution < 1.29 is 14.7 Å². The minimum atomic E-state index is -0.389. The molecule has 0 saturated carbocycles. The number of hydrogen-bond donors (Lipinski definition) is 2. The monoisotopic (exact) mass is 374 g/mol. The summed E-state index contributed by atoms with van der Waals surface area (Å²) in [5.74, 6) is -0.498. The molecule has 2 aromatic rings. The van der Waals surface area contributed by atoms with E-state index >= 15 is 0 Å². The third kappa shape index (κ3) is 3.53. The first-order valence-electron chi connectivity index (χ1n) is 7.19. The first-order valence-corrected chi connectivity index (χ1v) is 7.98. The van der Waals surface area contributed by atoms with Gasteiger partial charge in [0.05, 0.1) is 5.92 Å². The fourth-order valence-electron chi connectivity index (χ4n) is 2.54. The van der Waals surface area contributed by atoms with Crippen LogP contribution in [0.1, 0.15) is 6.42 Å². The number of nitrogens with zero attached hydrogens (tertiary/aromatic N) is 1. The lowest BCUT2D eigenvalue weighted by Gasteiger charge is -2.16. The number of carbonyl (C=O) groups excluding carboxylic acids is 2. The summed E-state index contributed by atoms with van der Waals surface area (Å²) < 4.78 is 0.939.